The number of rotatable bonds is 2. The van der Waals surface area contributed by atoms with Crippen LogP contribution in [0.5, 0.6) is 5.75 Å². The molecular formula is C18H12Cl2N2O3. The minimum absolute atomic E-state index is 0.0493. The maximum Gasteiger partial charge on any atom is 0.274 e. The van der Waals surface area contributed by atoms with Gasteiger partial charge in [0, 0.05) is 0 Å². The summed E-state index contributed by atoms with van der Waals surface area (Å²) in [7, 11) is 0. The van der Waals surface area contributed by atoms with Gasteiger partial charge in [-0.1, -0.05) is 59.6 Å². The van der Waals surface area contributed by atoms with Crippen molar-refractivity contribution in [2.45, 2.75) is 0 Å². The first-order valence-corrected chi connectivity index (χ1v) is 8.00. The number of phenols is 1. The predicted molar refractivity (Wildman–Crippen MR) is 97.0 cm³/mol. The van der Waals surface area contributed by atoms with Crippen LogP contribution in [0.25, 0.3) is 10.8 Å². The molecule has 7 heteroatoms. The fourth-order valence-corrected chi connectivity index (χ4v) is 3.02. The molecule has 0 bridgehead atoms. The number of fused-ring (bicyclic) bond motifs is 1. The van der Waals surface area contributed by atoms with E-state index in [0.717, 1.165) is 5.39 Å². The number of aromatic hydroxyl groups is 1. The average molecular weight is 375 g/mol. The van der Waals surface area contributed by atoms with E-state index in [1.54, 1.807) is 24.3 Å². The largest absolute Gasteiger partial charge is 0.507 e. The van der Waals surface area contributed by atoms with E-state index in [1.807, 2.05) is 12.1 Å². The zero-order valence-corrected chi connectivity index (χ0v) is 14.2. The lowest BCUT2D eigenvalue weighted by Crippen LogP contribution is -2.42. The van der Waals surface area contributed by atoms with Crippen LogP contribution in [0.4, 0.5) is 0 Å². The Hall–Kier alpha value is -2.76. The molecule has 2 amide bonds. The molecule has 0 aliphatic heterocycles. The molecule has 0 saturated carbocycles. The average Bonchev–Trinajstić information content (AvgIpc) is 2.59. The van der Waals surface area contributed by atoms with E-state index >= 15 is 0 Å². The third-order valence-corrected chi connectivity index (χ3v) is 4.24. The second-order valence-corrected chi connectivity index (χ2v) is 6.00. The molecule has 3 rings (SSSR count). The maximum absolute atomic E-state index is 12.4. The number of benzene rings is 3. The van der Waals surface area contributed by atoms with Crippen molar-refractivity contribution >= 4 is 45.8 Å². The molecule has 0 aliphatic rings. The van der Waals surface area contributed by atoms with Crippen molar-refractivity contribution in [2.75, 3.05) is 0 Å². The van der Waals surface area contributed by atoms with E-state index in [2.05, 4.69) is 10.9 Å². The Morgan fingerprint density at radius 1 is 0.760 bits per heavy atom. The van der Waals surface area contributed by atoms with Gasteiger partial charge in [0.2, 0.25) is 0 Å². The second-order valence-electron chi connectivity index (χ2n) is 5.19. The van der Waals surface area contributed by atoms with E-state index in [0.29, 0.717) is 5.39 Å². The Balaban J connectivity index is 1.84. The van der Waals surface area contributed by atoms with Crippen LogP contribution in [0, 0.1) is 0 Å². The van der Waals surface area contributed by atoms with Gasteiger partial charge in [-0.2, -0.15) is 0 Å². The zero-order valence-electron chi connectivity index (χ0n) is 12.7. The summed E-state index contributed by atoms with van der Waals surface area (Å²) in [5, 5.41) is 11.7. The van der Waals surface area contributed by atoms with Gasteiger partial charge in [0.15, 0.2) is 0 Å². The molecule has 0 saturated heterocycles. The molecule has 0 radical (unpaired) electrons. The van der Waals surface area contributed by atoms with Crippen molar-refractivity contribution in [1.82, 2.24) is 10.9 Å². The highest BCUT2D eigenvalue weighted by Crippen LogP contribution is 2.27. The Kier molecular flexibility index (Phi) is 4.79. The number of nitrogens with one attached hydrogen (secondary N) is 2. The summed E-state index contributed by atoms with van der Waals surface area (Å²) < 4.78 is 0. The van der Waals surface area contributed by atoms with Crippen LogP contribution in [0.1, 0.15) is 20.7 Å². The van der Waals surface area contributed by atoms with E-state index in [1.165, 1.54) is 18.2 Å². The molecule has 0 aromatic heterocycles. The van der Waals surface area contributed by atoms with Gasteiger partial charge in [0.05, 0.1) is 21.2 Å². The van der Waals surface area contributed by atoms with Crippen LogP contribution in [-0.4, -0.2) is 16.9 Å². The molecule has 0 aliphatic carbocycles. The standard InChI is InChI=1S/C18H12Cl2N2O3/c19-12-6-3-7-13(20)16(12)18(25)22-21-17(24)15-11-5-2-1-4-10(11)8-9-14(15)23/h1-9,23H,(H,21,24)(H,22,25). The van der Waals surface area contributed by atoms with Gasteiger partial charge >= 0.3 is 0 Å². The van der Waals surface area contributed by atoms with E-state index in [4.69, 9.17) is 23.2 Å². The lowest BCUT2D eigenvalue weighted by molar-refractivity contribution is 0.0846. The molecule has 0 atom stereocenters. The van der Waals surface area contributed by atoms with Crippen LogP contribution in [0.15, 0.2) is 54.6 Å². The zero-order chi connectivity index (χ0) is 18.0. The van der Waals surface area contributed by atoms with Crippen LogP contribution in [0.2, 0.25) is 10.0 Å². The Labute approximate surface area is 153 Å². The van der Waals surface area contributed by atoms with Gasteiger partial charge < -0.3 is 5.11 Å². The highest BCUT2D eigenvalue weighted by molar-refractivity contribution is 6.39. The number of halogens is 2. The van der Waals surface area contributed by atoms with Gasteiger partial charge in [0.1, 0.15) is 5.75 Å². The number of phenolic OH excluding ortho intramolecular Hbond substituents is 1. The highest BCUT2D eigenvalue weighted by atomic mass is 35.5. The third kappa shape index (κ3) is 3.38. The van der Waals surface area contributed by atoms with Crippen molar-refractivity contribution in [2.24, 2.45) is 0 Å². The number of hydrogen-bond acceptors (Lipinski definition) is 3. The molecular weight excluding hydrogens is 363 g/mol. The SMILES string of the molecule is O=C(NNC(=O)c1c(O)ccc2ccccc12)c1c(Cl)cccc1Cl. The monoisotopic (exact) mass is 374 g/mol. The van der Waals surface area contributed by atoms with Crippen molar-refractivity contribution in [3.63, 3.8) is 0 Å². The lowest BCUT2D eigenvalue weighted by atomic mass is 10.0. The molecule has 3 aromatic carbocycles. The van der Waals surface area contributed by atoms with Gasteiger partial charge in [-0.3, -0.25) is 20.4 Å². The molecule has 0 fully saturated rings. The number of hydrogen-bond donors (Lipinski definition) is 3. The Morgan fingerprint density at radius 2 is 1.36 bits per heavy atom. The van der Waals surface area contributed by atoms with Crippen molar-refractivity contribution in [1.29, 1.82) is 0 Å². The molecule has 126 valence electrons. The number of carbonyl (C=O) groups is 2. The highest BCUT2D eigenvalue weighted by Gasteiger charge is 2.18. The molecule has 0 heterocycles. The molecule has 0 spiro atoms. The van der Waals surface area contributed by atoms with Crippen LogP contribution in [0.3, 0.4) is 0 Å². The van der Waals surface area contributed by atoms with Gasteiger partial charge in [-0.15, -0.1) is 0 Å². The molecule has 5 nitrogen and oxygen atoms in total. The first-order valence-electron chi connectivity index (χ1n) is 7.24. The van der Waals surface area contributed by atoms with Crippen LogP contribution >= 0.6 is 23.2 Å². The summed E-state index contributed by atoms with van der Waals surface area (Å²) in [5.41, 5.74) is 4.63. The number of carbonyl (C=O) groups excluding carboxylic acids is 2. The Morgan fingerprint density at radius 3 is 2.04 bits per heavy atom. The fourth-order valence-electron chi connectivity index (χ4n) is 2.45. The smallest absolute Gasteiger partial charge is 0.274 e. The summed E-state index contributed by atoms with van der Waals surface area (Å²) in [4.78, 5) is 24.6. The normalized spacial score (nSPS) is 10.5. The van der Waals surface area contributed by atoms with Crippen molar-refractivity contribution in [3.05, 3.63) is 75.8 Å². The molecule has 3 N–H and O–H groups in total. The van der Waals surface area contributed by atoms with Gasteiger partial charge in [-0.25, -0.2) is 0 Å². The van der Waals surface area contributed by atoms with Crippen LogP contribution in [-0.2, 0) is 0 Å². The first kappa shape index (κ1) is 17.1. The third-order valence-electron chi connectivity index (χ3n) is 3.61. The Bertz CT molecular complexity index is 969. The summed E-state index contributed by atoms with van der Waals surface area (Å²) >= 11 is 11.9. The quantitative estimate of drug-likeness (QED) is 0.594. The summed E-state index contributed by atoms with van der Waals surface area (Å²) in [5.74, 6) is -1.52. The summed E-state index contributed by atoms with van der Waals surface area (Å²) in [6, 6.07) is 14.8. The fraction of sp³-hybridized carbons (Fsp3) is 0. The second kappa shape index (κ2) is 7.01. The van der Waals surface area contributed by atoms with E-state index < -0.39 is 11.8 Å². The van der Waals surface area contributed by atoms with E-state index in [-0.39, 0.29) is 26.9 Å². The molecule has 0 unspecified atom stereocenters. The minimum atomic E-state index is -0.663. The van der Waals surface area contributed by atoms with Crippen molar-refractivity contribution < 1.29 is 14.7 Å². The first-order chi connectivity index (χ1) is 12.0. The summed E-state index contributed by atoms with van der Waals surface area (Å²) in [6.07, 6.45) is 0. The van der Waals surface area contributed by atoms with Gasteiger partial charge in [-0.05, 0) is 29.0 Å². The van der Waals surface area contributed by atoms with Crippen molar-refractivity contribution in [3.8, 4) is 5.75 Å². The lowest BCUT2D eigenvalue weighted by Gasteiger charge is -2.12. The van der Waals surface area contributed by atoms with Gasteiger partial charge in [0.25, 0.3) is 11.8 Å². The minimum Gasteiger partial charge on any atom is -0.507 e. The maximum atomic E-state index is 12.4. The summed E-state index contributed by atoms with van der Waals surface area (Å²) in [6.45, 7) is 0. The molecule has 3 aromatic rings. The number of hydrazine groups is 1. The number of amides is 2. The predicted octanol–water partition coefficient (Wildman–Crippen LogP) is 3.93. The molecule has 25 heavy (non-hydrogen) atoms. The van der Waals surface area contributed by atoms with E-state index in [9.17, 15) is 14.7 Å². The topological polar surface area (TPSA) is 78.4 Å². The van der Waals surface area contributed by atoms with Crippen LogP contribution < -0.4 is 10.9 Å².